The molecule has 1 saturated carbocycles. The van der Waals surface area contributed by atoms with Crippen LogP contribution >= 0.6 is 0 Å². The van der Waals surface area contributed by atoms with Crippen molar-refractivity contribution in [2.45, 2.75) is 37.3 Å². The highest BCUT2D eigenvalue weighted by molar-refractivity contribution is 4.90. The van der Waals surface area contributed by atoms with E-state index in [1.807, 2.05) is 0 Å². The van der Waals surface area contributed by atoms with Crippen molar-refractivity contribution < 1.29 is 18.9 Å². The lowest BCUT2D eigenvalue weighted by Crippen LogP contribution is -2.52. The van der Waals surface area contributed by atoms with Crippen LogP contribution in [0.5, 0.6) is 0 Å². The SMILES string of the molecule is COC1CCC(OC)C(OC)C1OC. The summed E-state index contributed by atoms with van der Waals surface area (Å²) in [5.74, 6) is 0. The van der Waals surface area contributed by atoms with Crippen LogP contribution in [0.15, 0.2) is 0 Å². The quantitative estimate of drug-likeness (QED) is 0.680. The maximum Gasteiger partial charge on any atom is 0.112 e. The summed E-state index contributed by atoms with van der Waals surface area (Å²) in [4.78, 5) is 0. The van der Waals surface area contributed by atoms with E-state index in [-0.39, 0.29) is 24.4 Å². The van der Waals surface area contributed by atoms with E-state index in [4.69, 9.17) is 18.9 Å². The molecule has 0 aromatic heterocycles. The van der Waals surface area contributed by atoms with Gasteiger partial charge in [-0.3, -0.25) is 0 Å². The van der Waals surface area contributed by atoms with Crippen molar-refractivity contribution >= 4 is 0 Å². The number of hydrogen-bond acceptors (Lipinski definition) is 4. The molecule has 0 aromatic carbocycles. The molecule has 0 heterocycles. The van der Waals surface area contributed by atoms with Gasteiger partial charge in [0.2, 0.25) is 0 Å². The van der Waals surface area contributed by atoms with Gasteiger partial charge in [0.25, 0.3) is 0 Å². The van der Waals surface area contributed by atoms with Crippen molar-refractivity contribution in [2.75, 3.05) is 28.4 Å². The van der Waals surface area contributed by atoms with Crippen LogP contribution in [0.1, 0.15) is 12.8 Å². The molecule has 14 heavy (non-hydrogen) atoms. The van der Waals surface area contributed by atoms with Crippen molar-refractivity contribution in [1.29, 1.82) is 0 Å². The summed E-state index contributed by atoms with van der Waals surface area (Å²) in [6.07, 6.45) is 2.04. The zero-order valence-corrected chi connectivity index (χ0v) is 9.36. The fourth-order valence-electron chi connectivity index (χ4n) is 2.16. The summed E-state index contributed by atoms with van der Waals surface area (Å²) in [6.45, 7) is 0. The third kappa shape index (κ3) is 2.25. The van der Waals surface area contributed by atoms with Gasteiger partial charge in [0.1, 0.15) is 12.2 Å². The molecule has 0 aliphatic heterocycles. The first-order valence-corrected chi connectivity index (χ1v) is 4.89. The van der Waals surface area contributed by atoms with Gasteiger partial charge in [0.15, 0.2) is 0 Å². The van der Waals surface area contributed by atoms with Crippen LogP contribution < -0.4 is 0 Å². The van der Waals surface area contributed by atoms with Crippen molar-refractivity contribution in [3.8, 4) is 0 Å². The summed E-state index contributed by atoms with van der Waals surface area (Å²) >= 11 is 0. The zero-order chi connectivity index (χ0) is 10.6. The molecule has 1 aliphatic rings. The normalized spacial score (nSPS) is 38.6. The Hall–Kier alpha value is -0.160. The fourth-order valence-corrected chi connectivity index (χ4v) is 2.16. The van der Waals surface area contributed by atoms with Gasteiger partial charge in [-0.15, -0.1) is 0 Å². The molecular formula is C10H20O4. The second-order valence-corrected chi connectivity index (χ2v) is 3.53. The van der Waals surface area contributed by atoms with Crippen molar-refractivity contribution in [3.63, 3.8) is 0 Å². The van der Waals surface area contributed by atoms with Crippen LogP contribution in [0.25, 0.3) is 0 Å². The Morgan fingerprint density at radius 3 is 1.21 bits per heavy atom. The summed E-state index contributed by atoms with van der Waals surface area (Å²) in [5, 5.41) is 0. The van der Waals surface area contributed by atoms with E-state index in [9.17, 15) is 0 Å². The largest absolute Gasteiger partial charge is 0.379 e. The number of ether oxygens (including phenoxy) is 4. The Morgan fingerprint density at radius 1 is 0.643 bits per heavy atom. The van der Waals surface area contributed by atoms with Gasteiger partial charge in [-0.2, -0.15) is 0 Å². The van der Waals surface area contributed by atoms with Crippen LogP contribution in [-0.2, 0) is 18.9 Å². The minimum Gasteiger partial charge on any atom is -0.379 e. The first-order chi connectivity index (χ1) is 6.78. The molecule has 0 bridgehead atoms. The van der Waals surface area contributed by atoms with Crippen LogP contribution in [0, 0.1) is 0 Å². The van der Waals surface area contributed by atoms with Gasteiger partial charge in [-0.25, -0.2) is 0 Å². The first kappa shape index (κ1) is 11.9. The summed E-state index contributed by atoms with van der Waals surface area (Å²) < 4.78 is 21.5. The Bertz CT molecular complexity index is 144. The molecule has 0 amide bonds. The lowest BCUT2D eigenvalue weighted by molar-refractivity contribution is -0.174. The van der Waals surface area contributed by atoms with E-state index >= 15 is 0 Å². The highest BCUT2D eigenvalue weighted by atomic mass is 16.6. The maximum atomic E-state index is 5.40. The second-order valence-electron chi connectivity index (χ2n) is 3.53. The highest BCUT2D eigenvalue weighted by Gasteiger charge is 2.40. The molecule has 4 heteroatoms. The second kappa shape index (κ2) is 5.66. The predicted molar refractivity (Wildman–Crippen MR) is 52.4 cm³/mol. The molecule has 0 spiro atoms. The van der Waals surface area contributed by atoms with Crippen LogP contribution in [0.2, 0.25) is 0 Å². The van der Waals surface area contributed by atoms with E-state index in [1.165, 1.54) is 0 Å². The maximum absolute atomic E-state index is 5.40. The number of rotatable bonds is 4. The fraction of sp³-hybridized carbons (Fsp3) is 1.00. The Kier molecular flexibility index (Phi) is 4.81. The van der Waals surface area contributed by atoms with E-state index in [2.05, 4.69) is 0 Å². The molecule has 1 fully saturated rings. The van der Waals surface area contributed by atoms with Gasteiger partial charge in [-0.05, 0) is 12.8 Å². The summed E-state index contributed by atoms with van der Waals surface area (Å²) in [6, 6.07) is 0. The van der Waals surface area contributed by atoms with Crippen molar-refractivity contribution in [2.24, 2.45) is 0 Å². The van der Waals surface area contributed by atoms with Crippen LogP contribution in [0.4, 0.5) is 0 Å². The Balaban J connectivity index is 2.67. The highest BCUT2D eigenvalue weighted by Crippen LogP contribution is 2.27. The third-order valence-electron chi connectivity index (χ3n) is 2.94. The molecule has 0 radical (unpaired) electrons. The van der Waals surface area contributed by atoms with Crippen LogP contribution in [0.3, 0.4) is 0 Å². The first-order valence-electron chi connectivity index (χ1n) is 4.89. The molecule has 0 N–H and O–H groups in total. The molecule has 1 aliphatic carbocycles. The molecule has 4 unspecified atom stereocenters. The minimum atomic E-state index is -0.0382. The third-order valence-corrected chi connectivity index (χ3v) is 2.94. The molecule has 1 rings (SSSR count). The van der Waals surface area contributed by atoms with E-state index in [0.717, 1.165) is 12.8 Å². The number of methoxy groups -OCH3 is 4. The molecule has 0 aromatic rings. The molecular weight excluding hydrogens is 184 g/mol. The van der Waals surface area contributed by atoms with Gasteiger partial charge in [0.05, 0.1) is 12.2 Å². The van der Waals surface area contributed by atoms with E-state index < -0.39 is 0 Å². The van der Waals surface area contributed by atoms with Gasteiger partial charge >= 0.3 is 0 Å². The van der Waals surface area contributed by atoms with E-state index in [0.29, 0.717) is 0 Å². The zero-order valence-electron chi connectivity index (χ0n) is 9.36. The van der Waals surface area contributed by atoms with Crippen molar-refractivity contribution in [1.82, 2.24) is 0 Å². The summed E-state index contributed by atoms with van der Waals surface area (Å²) in [5.41, 5.74) is 0. The predicted octanol–water partition coefficient (Wildman–Crippen LogP) is 0.840. The minimum absolute atomic E-state index is 0.0382. The van der Waals surface area contributed by atoms with Gasteiger partial charge in [0, 0.05) is 28.4 Å². The lowest BCUT2D eigenvalue weighted by atomic mass is 9.89. The Morgan fingerprint density at radius 2 is 1.00 bits per heavy atom. The summed E-state index contributed by atoms with van der Waals surface area (Å²) in [7, 11) is 6.77. The Labute approximate surface area is 85.5 Å². The molecule has 84 valence electrons. The average Bonchev–Trinajstić information content (AvgIpc) is 2.26. The van der Waals surface area contributed by atoms with E-state index in [1.54, 1.807) is 28.4 Å². The lowest BCUT2D eigenvalue weighted by Gasteiger charge is -2.39. The molecule has 0 saturated heterocycles. The van der Waals surface area contributed by atoms with Crippen molar-refractivity contribution in [3.05, 3.63) is 0 Å². The van der Waals surface area contributed by atoms with Crippen LogP contribution in [-0.4, -0.2) is 52.9 Å². The smallest absolute Gasteiger partial charge is 0.112 e. The van der Waals surface area contributed by atoms with Gasteiger partial charge in [-0.1, -0.05) is 0 Å². The van der Waals surface area contributed by atoms with Gasteiger partial charge < -0.3 is 18.9 Å². The monoisotopic (exact) mass is 204 g/mol. The molecule has 4 atom stereocenters. The molecule has 4 nitrogen and oxygen atoms in total. The standard InChI is InChI=1S/C10H20O4/c1-11-7-5-6-8(12-2)10(14-4)9(7)13-3/h7-10H,5-6H2,1-4H3. The average molecular weight is 204 g/mol. The topological polar surface area (TPSA) is 36.9 Å². The number of hydrogen-bond donors (Lipinski definition) is 0.